The van der Waals surface area contributed by atoms with Crippen molar-refractivity contribution in [1.29, 1.82) is 0 Å². The zero-order chi connectivity index (χ0) is 23.2. The maximum absolute atomic E-state index is 14.3. The number of thiophene rings is 1. The Morgan fingerprint density at radius 2 is 2.12 bits per heavy atom. The van der Waals surface area contributed by atoms with E-state index >= 15 is 0 Å². The summed E-state index contributed by atoms with van der Waals surface area (Å²) in [5, 5.41) is 8.06. The number of rotatable bonds is 5. The van der Waals surface area contributed by atoms with Crippen molar-refractivity contribution in [1.82, 2.24) is 19.7 Å². The number of fused-ring (bicyclic) bond motifs is 2. The third-order valence-electron chi connectivity index (χ3n) is 6.14. The second kappa shape index (κ2) is 8.57. The number of hydrogen-bond donors (Lipinski definition) is 0. The molecule has 5 heterocycles. The zero-order valence-electron chi connectivity index (χ0n) is 18.9. The van der Waals surface area contributed by atoms with Gasteiger partial charge in [0.15, 0.2) is 10.8 Å². The first-order chi connectivity index (χ1) is 16.6. The number of ether oxygens (including phenoxy) is 1. The van der Waals surface area contributed by atoms with E-state index in [0.29, 0.717) is 22.9 Å². The maximum atomic E-state index is 14.3. The van der Waals surface area contributed by atoms with Crippen LogP contribution in [0.25, 0.3) is 31.8 Å². The maximum Gasteiger partial charge on any atom is 0.261 e. The van der Waals surface area contributed by atoms with Gasteiger partial charge < -0.3 is 4.74 Å². The number of benzene rings is 1. The van der Waals surface area contributed by atoms with Gasteiger partial charge in [-0.15, -0.1) is 11.3 Å². The molecule has 1 aliphatic rings. The van der Waals surface area contributed by atoms with Crippen molar-refractivity contribution >= 4 is 55.0 Å². The summed E-state index contributed by atoms with van der Waals surface area (Å²) in [6.07, 6.45) is 1.95. The van der Waals surface area contributed by atoms with Crippen molar-refractivity contribution in [3.8, 4) is 10.6 Å². The van der Waals surface area contributed by atoms with Gasteiger partial charge >= 0.3 is 0 Å². The van der Waals surface area contributed by atoms with Crippen LogP contribution in [0.5, 0.6) is 0 Å². The fourth-order valence-corrected chi connectivity index (χ4v) is 6.18. The predicted octanol–water partition coefficient (Wildman–Crippen LogP) is 5.44. The summed E-state index contributed by atoms with van der Waals surface area (Å²) in [5.41, 5.74) is 3.75. The van der Waals surface area contributed by atoms with Crippen LogP contribution in [0.1, 0.15) is 28.9 Å². The number of carbonyl (C=O) groups is 1. The molecule has 6 rings (SSSR count). The van der Waals surface area contributed by atoms with Crippen LogP contribution >= 0.6 is 22.7 Å². The average Bonchev–Trinajstić information content (AvgIpc) is 3.64. The van der Waals surface area contributed by atoms with E-state index in [2.05, 4.69) is 5.10 Å². The molecule has 1 aromatic carbocycles. The Bertz CT molecular complexity index is 1470. The molecule has 7 nitrogen and oxygen atoms in total. The predicted molar refractivity (Wildman–Crippen MR) is 137 cm³/mol. The molecule has 1 aliphatic heterocycles. The number of nitrogens with zero attached hydrogens (tertiary/aromatic N) is 5. The number of thiazole rings is 1. The first kappa shape index (κ1) is 21.4. The molecule has 1 fully saturated rings. The topological polar surface area (TPSA) is 73.1 Å². The number of hydrogen-bond acceptors (Lipinski definition) is 7. The lowest BCUT2D eigenvalue weighted by atomic mass is 10.1. The molecule has 0 bridgehead atoms. The van der Waals surface area contributed by atoms with Crippen molar-refractivity contribution in [3.05, 3.63) is 59.1 Å². The van der Waals surface area contributed by atoms with E-state index in [1.807, 2.05) is 61.8 Å². The number of aromatic nitrogens is 4. The number of carbonyl (C=O) groups excluding carboxylic acids is 1. The Kier molecular flexibility index (Phi) is 5.40. The Morgan fingerprint density at radius 3 is 2.88 bits per heavy atom. The summed E-state index contributed by atoms with van der Waals surface area (Å²) in [6.45, 7) is 3.13. The van der Waals surface area contributed by atoms with Crippen molar-refractivity contribution in [2.24, 2.45) is 7.05 Å². The molecule has 1 amide bonds. The minimum Gasteiger partial charge on any atom is -0.376 e. The van der Waals surface area contributed by atoms with Crippen LogP contribution in [0.4, 0.5) is 5.13 Å². The van der Waals surface area contributed by atoms with Crippen molar-refractivity contribution < 1.29 is 9.53 Å². The second-order valence-corrected chi connectivity index (χ2v) is 10.4. The van der Waals surface area contributed by atoms with E-state index < -0.39 is 0 Å². The average molecular weight is 490 g/mol. The minimum absolute atomic E-state index is 0.0000481. The third kappa shape index (κ3) is 3.70. The Balaban J connectivity index is 1.51. The zero-order valence-corrected chi connectivity index (χ0v) is 20.5. The van der Waals surface area contributed by atoms with Gasteiger partial charge in [-0.2, -0.15) is 5.10 Å². The molecule has 34 heavy (non-hydrogen) atoms. The largest absolute Gasteiger partial charge is 0.376 e. The summed E-state index contributed by atoms with van der Waals surface area (Å²) < 4.78 is 8.72. The van der Waals surface area contributed by atoms with Gasteiger partial charge in [0.2, 0.25) is 0 Å². The lowest BCUT2D eigenvalue weighted by Gasteiger charge is -2.23. The van der Waals surface area contributed by atoms with Gasteiger partial charge in [-0.3, -0.25) is 14.4 Å². The van der Waals surface area contributed by atoms with Gasteiger partial charge in [0.05, 0.1) is 50.1 Å². The molecule has 0 aliphatic carbocycles. The molecule has 0 saturated carbocycles. The van der Waals surface area contributed by atoms with Crippen LogP contribution in [-0.4, -0.2) is 44.9 Å². The molecule has 1 unspecified atom stereocenters. The van der Waals surface area contributed by atoms with Crippen LogP contribution in [0.15, 0.2) is 47.8 Å². The van der Waals surface area contributed by atoms with Crippen LogP contribution in [0.3, 0.4) is 0 Å². The fraction of sp³-hybridized carbons (Fsp3) is 0.280. The molecule has 0 radical (unpaired) electrons. The Morgan fingerprint density at radius 1 is 1.24 bits per heavy atom. The first-order valence-corrected chi connectivity index (χ1v) is 13.0. The van der Waals surface area contributed by atoms with Crippen LogP contribution in [0, 0.1) is 6.92 Å². The van der Waals surface area contributed by atoms with E-state index in [9.17, 15) is 4.79 Å². The summed E-state index contributed by atoms with van der Waals surface area (Å²) in [6, 6.07) is 13.9. The second-order valence-electron chi connectivity index (χ2n) is 8.45. The number of anilines is 1. The van der Waals surface area contributed by atoms with E-state index in [4.69, 9.17) is 14.7 Å². The minimum atomic E-state index is -0.101. The van der Waals surface area contributed by atoms with Gasteiger partial charge in [0, 0.05) is 13.7 Å². The normalized spacial score (nSPS) is 16.0. The van der Waals surface area contributed by atoms with Gasteiger partial charge in [-0.1, -0.05) is 29.5 Å². The number of amides is 1. The Hall–Kier alpha value is -3.14. The van der Waals surface area contributed by atoms with E-state index in [-0.39, 0.29) is 12.0 Å². The summed E-state index contributed by atoms with van der Waals surface area (Å²) in [4.78, 5) is 26.8. The van der Waals surface area contributed by atoms with Crippen molar-refractivity contribution in [2.45, 2.75) is 25.9 Å². The Labute approximate surface area is 204 Å². The highest BCUT2D eigenvalue weighted by Gasteiger charge is 2.30. The van der Waals surface area contributed by atoms with Crippen molar-refractivity contribution in [2.75, 3.05) is 18.1 Å². The van der Waals surface area contributed by atoms with Crippen molar-refractivity contribution in [3.63, 3.8) is 0 Å². The first-order valence-electron chi connectivity index (χ1n) is 11.3. The standard InChI is InChI=1S/C25H23N5O2S2/c1-15-22-17(13-19(20-10-6-12-33-20)26-23(22)29(2)28-15)24(31)30(14-16-7-5-11-32-16)25-27-18-8-3-4-9-21(18)34-25/h3-4,6,8-10,12-13,16H,5,7,11,14H2,1-2H3. The molecule has 4 aromatic heterocycles. The molecular weight excluding hydrogens is 466 g/mol. The summed E-state index contributed by atoms with van der Waals surface area (Å²) in [7, 11) is 1.87. The molecule has 1 atom stereocenters. The number of para-hydroxylation sites is 1. The van der Waals surface area contributed by atoms with Crippen LogP contribution < -0.4 is 4.90 Å². The monoisotopic (exact) mass is 489 g/mol. The molecule has 172 valence electrons. The SMILES string of the molecule is Cc1nn(C)c2nc(-c3cccs3)cc(C(=O)N(CC3CCCO3)c3nc4ccccc4s3)c12. The van der Waals surface area contributed by atoms with Gasteiger partial charge in [-0.25, -0.2) is 9.97 Å². The lowest BCUT2D eigenvalue weighted by Crippen LogP contribution is -2.37. The fourth-order valence-electron chi connectivity index (χ4n) is 4.52. The highest BCUT2D eigenvalue weighted by molar-refractivity contribution is 7.22. The smallest absolute Gasteiger partial charge is 0.261 e. The number of aryl methyl sites for hydroxylation is 2. The molecular formula is C25H23N5O2S2. The highest BCUT2D eigenvalue weighted by Crippen LogP contribution is 2.34. The molecule has 0 spiro atoms. The third-order valence-corrected chi connectivity index (χ3v) is 8.09. The number of pyridine rings is 1. The lowest BCUT2D eigenvalue weighted by molar-refractivity contribution is 0.0918. The molecule has 1 saturated heterocycles. The molecule has 0 N–H and O–H groups in total. The van der Waals surface area contributed by atoms with E-state index in [1.54, 1.807) is 20.9 Å². The quantitative estimate of drug-likeness (QED) is 0.329. The van der Waals surface area contributed by atoms with Gasteiger partial charge in [0.1, 0.15) is 0 Å². The summed E-state index contributed by atoms with van der Waals surface area (Å²) >= 11 is 3.14. The summed E-state index contributed by atoms with van der Waals surface area (Å²) in [5.74, 6) is -0.101. The molecule has 9 heteroatoms. The van der Waals surface area contributed by atoms with E-state index in [1.165, 1.54) is 11.3 Å². The molecule has 5 aromatic rings. The van der Waals surface area contributed by atoms with Crippen LogP contribution in [-0.2, 0) is 11.8 Å². The highest BCUT2D eigenvalue weighted by atomic mass is 32.1. The van der Waals surface area contributed by atoms with Crippen LogP contribution in [0.2, 0.25) is 0 Å². The van der Waals surface area contributed by atoms with Gasteiger partial charge in [-0.05, 0) is 49.4 Å². The van der Waals surface area contributed by atoms with Gasteiger partial charge in [0.25, 0.3) is 5.91 Å². The van der Waals surface area contributed by atoms with E-state index in [0.717, 1.165) is 51.3 Å².